The molecule has 0 spiro atoms. The molecule has 0 aliphatic carbocycles. The zero-order valence-corrected chi connectivity index (χ0v) is 19.4. The second-order valence-corrected chi connectivity index (χ2v) is 8.61. The predicted molar refractivity (Wildman–Crippen MR) is 133 cm³/mol. The first kappa shape index (κ1) is 22.5. The van der Waals surface area contributed by atoms with Crippen LogP contribution in [0.5, 0.6) is 11.5 Å². The van der Waals surface area contributed by atoms with E-state index in [4.69, 9.17) is 9.47 Å². The summed E-state index contributed by atoms with van der Waals surface area (Å²) in [5, 5.41) is 3.05. The van der Waals surface area contributed by atoms with E-state index < -0.39 is 0 Å². The minimum absolute atomic E-state index is 0.185. The van der Waals surface area contributed by atoms with Gasteiger partial charge in [0.1, 0.15) is 18.1 Å². The van der Waals surface area contributed by atoms with Crippen molar-refractivity contribution >= 4 is 23.4 Å². The fraction of sp³-hybridized carbons (Fsp3) is 0.107. The maximum atomic E-state index is 13.1. The number of para-hydroxylation sites is 1. The Labute approximate surface area is 198 Å². The summed E-state index contributed by atoms with van der Waals surface area (Å²) in [6.45, 7) is 2.32. The van der Waals surface area contributed by atoms with E-state index in [0.29, 0.717) is 17.9 Å². The Morgan fingerprint density at radius 1 is 0.879 bits per heavy atom. The molecule has 4 aromatic rings. The average molecular weight is 456 g/mol. The summed E-state index contributed by atoms with van der Waals surface area (Å²) < 4.78 is 11.4. The predicted octanol–water partition coefficient (Wildman–Crippen LogP) is 6.99. The summed E-state index contributed by atoms with van der Waals surface area (Å²) in [5.41, 5.74) is 3.24. The average Bonchev–Trinajstić information content (AvgIpc) is 2.84. The van der Waals surface area contributed by atoms with E-state index in [2.05, 4.69) is 5.32 Å². The first-order valence-electron chi connectivity index (χ1n) is 10.6. The quantitative estimate of drug-likeness (QED) is 0.311. The van der Waals surface area contributed by atoms with Crippen molar-refractivity contribution in [3.8, 4) is 11.5 Å². The maximum Gasteiger partial charge on any atom is 0.255 e. The molecule has 33 heavy (non-hydrogen) atoms. The normalized spacial score (nSPS) is 10.5. The zero-order valence-electron chi connectivity index (χ0n) is 18.6. The van der Waals surface area contributed by atoms with E-state index >= 15 is 0 Å². The smallest absolute Gasteiger partial charge is 0.255 e. The molecular weight excluding hydrogens is 430 g/mol. The minimum Gasteiger partial charge on any atom is -0.496 e. The van der Waals surface area contributed by atoms with Gasteiger partial charge in [0.25, 0.3) is 5.91 Å². The SMILES string of the molecule is COc1ccc(C(=O)Nc2ccccc2Sc2ccccc2)cc1COc1cccc(C)c1. The number of carbonyl (C=O) groups is 1. The van der Waals surface area contributed by atoms with Gasteiger partial charge in [-0.25, -0.2) is 0 Å². The summed E-state index contributed by atoms with van der Waals surface area (Å²) in [7, 11) is 1.61. The van der Waals surface area contributed by atoms with Crippen LogP contribution in [0, 0.1) is 6.92 Å². The highest BCUT2D eigenvalue weighted by atomic mass is 32.2. The zero-order chi connectivity index (χ0) is 23.0. The van der Waals surface area contributed by atoms with E-state index in [1.54, 1.807) is 31.0 Å². The van der Waals surface area contributed by atoms with Gasteiger partial charge >= 0.3 is 0 Å². The summed E-state index contributed by atoms with van der Waals surface area (Å²) in [4.78, 5) is 15.2. The molecule has 0 aliphatic heterocycles. The van der Waals surface area contributed by atoms with Gasteiger partial charge in [0.2, 0.25) is 0 Å². The monoisotopic (exact) mass is 455 g/mol. The van der Waals surface area contributed by atoms with Crippen molar-refractivity contribution in [1.82, 2.24) is 0 Å². The molecule has 0 saturated heterocycles. The van der Waals surface area contributed by atoms with E-state index in [1.807, 2.05) is 91.9 Å². The standard InChI is InChI=1S/C28H25NO3S/c1-20-9-8-10-23(17-20)32-19-22-18-21(15-16-26(22)31-2)28(30)29-25-13-6-7-14-27(25)33-24-11-4-3-5-12-24/h3-18H,19H2,1-2H3,(H,29,30). The number of rotatable bonds is 8. The first-order chi connectivity index (χ1) is 16.1. The fourth-order valence-corrected chi connectivity index (χ4v) is 4.29. The molecule has 1 amide bonds. The van der Waals surface area contributed by atoms with Crippen molar-refractivity contribution in [3.63, 3.8) is 0 Å². The lowest BCUT2D eigenvalue weighted by Crippen LogP contribution is -2.13. The van der Waals surface area contributed by atoms with Gasteiger partial charge in [0.05, 0.1) is 12.8 Å². The van der Waals surface area contributed by atoms with Crippen LogP contribution in [0.4, 0.5) is 5.69 Å². The molecule has 0 heterocycles. The number of amides is 1. The number of aryl methyl sites for hydroxylation is 1. The number of hydrogen-bond donors (Lipinski definition) is 1. The Morgan fingerprint density at radius 2 is 1.67 bits per heavy atom. The number of hydrogen-bond acceptors (Lipinski definition) is 4. The summed E-state index contributed by atoms with van der Waals surface area (Å²) >= 11 is 1.61. The van der Waals surface area contributed by atoms with E-state index in [0.717, 1.165) is 32.4 Å². The number of ether oxygens (including phenoxy) is 2. The second kappa shape index (κ2) is 10.7. The van der Waals surface area contributed by atoms with Crippen molar-refractivity contribution in [3.05, 3.63) is 114 Å². The van der Waals surface area contributed by atoms with Crippen LogP contribution >= 0.6 is 11.8 Å². The topological polar surface area (TPSA) is 47.6 Å². The lowest BCUT2D eigenvalue weighted by molar-refractivity contribution is 0.102. The van der Waals surface area contributed by atoms with E-state index in [9.17, 15) is 4.79 Å². The van der Waals surface area contributed by atoms with Crippen LogP contribution < -0.4 is 14.8 Å². The molecule has 166 valence electrons. The Bertz CT molecular complexity index is 1240. The molecule has 0 atom stereocenters. The van der Waals surface area contributed by atoms with Crippen molar-refractivity contribution in [2.24, 2.45) is 0 Å². The van der Waals surface area contributed by atoms with Crippen molar-refractivity contribution in [2.75, 3.05) is 12.4 Å². The van der Waals surface area contributed by atoms with E-state index in [-0.39, 0.29) is 5.91 Å². The molecule has 4 aromatic carbocycles. The number of nitrogens with one attached hydrogen (secondary N) is 1. The van der Waals surface area contributed by atoms with Crippen molar-refractivity contribution in [2.45, 2.75) is 23.3 Å². The fourth-order valence-electron chi connectivity index (χ4n) is 3.37. The van der Waals surface area contributed by atoms with Gasteiger partial charge in [0.15, 0.2) is 0 Å². The molecule has 0 unspecified atom stereocenters. The van der Waals surface area contributed by atoms with Gasteiger partial charge in [-0.3, -0.25) is 4.79 Å². The molecule has 0 saturated carbocycles. The Kier molecular flexibility index (Phi) is 7.33. The molecule has 0 aliphatic rings. The highest BCUT2D eigenvalue weighted by Crippen LogP contribution is 2.33. The van der Waals surface area contributed by atoms with Gasteiger partial charge in [0, 0.05) is 20.9 Å². The molecule has 0 aromatic heterocycles. The molecule has 4 rings (SSSR count). The van der Waals surface area contributed by atoms with E-state index in [1.165, 1.54) is 0 Å². The van der Waals surface area contributed by atoms with Crippen LogP contribution in [-0.4, -0.2) is 13.0 Å². The third-order valence-electron chi connectivity index (χ3n) is 5.03. The van der Waals surface area contributed by atoms with Gasteiger partial charge in [-0.05, 0) is 67.1 Å². The van der Waals surface area contributed by atoms with Crippen LogP contribution in [0.15, 0.2) is 107 Å². The molecular formula is C28H25NO3S. The highest BCUT2D eigenvalue weighted by Gasteiger charge is 2.13. The van der Waals surface area contributed by atoms with Crippen LogP contribution in [0.3, 0.4) is 0 Å². The Balaban J connectivity index is 1.51. The number of anilines is 1. The molecule has 0 radical (unpaired) electrons. The van der Waals surface area contributed by atoms with Crippen LogP contribution in [-0.2, 0) is 6.61 Å². The van der Waals surface area contributed by atoms with Crippen LogP contribution in [0.1, 0.15) is 21.5 Å². The second-order valence-electron chi connectivity index (χ2n) is 7.50. The largest absolute Gasteiger partial charge is 0.496 e. The molecule has 0 fully saturated rings. The van der Waals surface area contributed by atoms with Gasteiger partial charge in [-0.15, -0.1) is 0 Å². The number of carbonyl (C=O) groups excluding carboxylic acids is 1. The first-order valence-corrected chi connectivity index (χ1v) is 11.4. The van der Waals surface area contributed by atoms with Crippen LogP contribution in [0.25, 0.3) is 0 Å². The van der Waals surface area contributed by atoms with Crippen LogP contribution in [0.2, 0.25) is 0 Å². The van der Waals surface area contributed by atoms with Gasteiger partial charge < -0.3 is 14.8 Å². The molecule has 1 N–H and O–H groups in total. The molecule has 0 bridgehead atoms. The number of benzene rings is 4. The molecule has 4 nitrogen and oxygen atoms in total. The maximum absolute atomic E-state index is 13.1. The van der Waals surface area contributed by atoms with Gasteiger partial charge in [-0.2, -0.15) is 0 Å². The molecule has 5 heteroatoms. The Hall–Kier alpha value is -3.70. The summed E-state index contributed by atoms with van der Waals surface area (Å²) in [5.74, 6) is 1.27. The Morgan fingerprint density at radius 3 is 2.45 bits per heavy atom. The minimum atomic E-state index is -0.185. The summed E-state index contributed by atoms with van der Waals surface area (Å²) in [6.07, 6.45) is 0. The lowest BCUT2D eigenvalue weighted by atomic mass is 10.1. The summed E-state index contributed by atoms with van der Waals surface area (Å²) in [6, 6.07) is 31.1. The van der Waals surface area contributed by atoms with Crippen molar-refractivity contribution in [1.29, 1.82) is 0 Å². The van der Waals surface area contributed by atoms with Gasteiger partial charge in [-0.1, -0.05) is 54.2 Å². The van der Waals surface area contributed by atoms with Crippen molar-refractivity contribution < 1.29 is 14.3 Å². The third-order valence-corrected chi connectivity index (χ3v) is 6.12. The third kappa shape index (κ3) is 5.96. The lowest BCUT2D eigenvalue weighted by Gasteiger charge is -2.14. The highest BCUT2D eigenvalue weighted by molar-refractivity contribution is 7.99. The number of methoxy groups -OCH3 is 1.